The van der Waals surface area contributed by atoms with Crippen molar-refractivity contribution in [3.05, 3.63) is 35.9 Å². The van der Waals surface area contributed by atoms with Gasteiger partial charge in [-0.25, -0.2) is 0 Å². The Balaban J connectivity index is 0.00000169. The van der Waals surface area contributed by atoms with E-state index in [4.69, 9.17) is 5.11 Å². The normalized spacial score (nSPS) is 8.93. The van der Waals surface area contributed by atoms with Crippen LogP contribution in [-0.2, 0) is 31.0 Å². The van der Waals surface area contributed by atoms with E-state index in [9.17, 15) is 9.59 Å². The van der Waals surface area contributed by atoms with Crippen LogP contribution in [0, 0.1) is 0 Å². The predicted molar refractivity (Wildman–Crippen MR) is 47.5 cm³/mol. The van der Waals surface area contributed by atoms with Crippen molar-refractivity contribution in [2.45, 2.75) is 6.42 Å². The van der Waals surface area contributed by atoms with Gasteiger partial charge in [-0.15, -0.1) is 0 Å². The molecular weight excluding hydrogens is 259 g/mol. The Morgan fingerprint density at radius 1 is 1.14 bits per heavy atom. The number of hydrogen-bond donors (Lipinski definition) is 1. The maximum absolute atomic E-state index is 11.3. The number of hydrogen-bond acceptors (Lipinski definition) is 3. The van der Waals surface area contributed by atoms with Gasteiger partial charge in [0.1, 0.15) is 6.61 Å². The second-order valence-corrected chi connectivity index (χ2v) is 2.66. The van der Waals surface area contributed by atoms with Crippen LogP contribution in [-0.4, -0.2) is 23.3 Å². The molecule has 0 heterocycles. The molecule has 1 aromatic rings. The Bertz CT molecular complexity index is 308. The molecule has 0 amide bonds. The van der Waals surface area contributed by atoms with Gasteiger partial charge in [0.05, 0.1) is 6.42 Å². The van der Waals surface area contributed by atoms with E-state index in [1.165, 1.54) is 0 Å². The number of carbonyl (C=O) groups excluding carboxylic acids is 2. The third-order valence-corrected chi connectivity index (χ3v) is 1.63. The van der Waals surface area contributed by atoms with Crippen LogP contribution >= 0.6 is 0 Å². The zero-order valence-corrected chi connectivity index (χ0v) is 10.0. The van der Waals surface area contributed by atoms with Crippen LogP contribution in [0.4, 0.5) is 0 Å². The van der Waals surface area contributed by atoms with Gasteiger partial charge in [0.2, 0.25) is 0 Å². The Labute approximate surface area is 101 Å². The number of aliphatic hydroxyl groups is 1. The SMILES string of the molecule is O=C(CO)CC(=O)c1ccccc1.[Zr]. The molecule has 0 saturated carbocycles. The summed E-state index contributed by atoms with van der Waals surface area (Å²) >= 11 is 0. The topological polar surface area (TPSA) is 54.4 Å². The number of Topliss-reactive ketones (excluding diaryl/α,β-unsaturated/α-hetero) is 2. The molecule has 0 aliphatic carbocycles. The summed E-state index contributed by atoms with van der Waals surface area (Å²) < 4.78 is 0. The number of benzene rings is 1. The van der Waals surface area contributed by atoms with E-state index in [0.717, 1.165) is 0 Å². The quantitative estimate of drug-likeness (QED) is 0.650. The van der Waals surface area contributed by atoms with Gasteiger partial charge in [-0.2, -0.15) is 0 Å². The molecule has 0 radical (unpaired) electrons. The molecule has 0 bridgehead atoms. The summed E-state index contributed by atoms with van der Waals surface area (Å²) in [6.07, 6.45) is -0.222. The third-order valence-electron chi connectivity index (χ3n) is 1.63. The average Bonchev–Trinajstić information content (AvgIpc) is 2.19. The summed E-state index contributed by atoms with van der Waals surface area (Å²) in [6, 6.07) is 8.55. The molecule has 0 aliphatic heterocycles. The van der Waals surface area contributed by atoms with Crippen molar-refractivity contribution in [2.24, 2.45) is 0 Å². The van der Waals surface area contributed by atoms with Crippen LogP contribution in [0.2, 0.25) is 0 Å². The maximum atomic E-state index is 11.3. The summed E-state index contributed by atoms with van der Waals surface area (Å²) in [5.41, 5.74) is 0.504. The molecule has 0 spiro atoms. The van der Waals surface area contributed by atoms with E-state index < -0.39 is 12.4 Å². The molecule has 1 N–H and O–H groups in total. The summed E-state index contributed by atoms with van der Waals surface area (Å²) in [4.78, 5) is 22.0. The Kier molecular flexibility index (Phi) is 6.51. The van der Waals surface area contributed by atoms with Crippen molar-refractivity contribution in [1.29, 1.82) is 0 Å². The van der Waals surface area contributed by atoms with E-state index in [0.29, 0.717) is 5.56 Å². The monoisotopic (exact) mass is 268 g/mol. The van der Waals surface area contributed by atoms with Gasteiger partial charge in [-0.3, -0.25) is 9.59 Å². The first-order chi connectivity index (χ1) is 6.24. The first-order valence-electron chi connectivity index (χ1n) is 3.95. The van der Waals surface area contributed by atoms with Crippen LogP contribution < -0.4 is 0 Å². The minimum atomic E-state index is -0.571. The second kappa shape index (κ2) is 6.80. The van der Waals surface area contributed by atoms with Crippen molar-refractivity contribution >= 4 is 11.6 Å². The van der Waals surface area contributed by atoms with E-state index in [1.807, 2.05) is 0 Å². The first-order valence-corrected chi connectivity index (χ1v) is 3.95. The van der Waals surface area contributed by atoms with Crippen molar-refractivity contribution < 1.29 is 40.9 Å². The van der Waals surface area contributed by atoms with E-state index in [-0.39, 0.29) is 38.4 Å². The Morgan fingerprint density at radius 2 is 1.71 bits per heavy atom. The van der Waals surface area contributed by atoms with Crippen LogP contribution in [0.15, 0.2) is 30.3 Å². The molecule has 0 unspecified atom stereocenters. The van der Waals surface area contributed by atoms with Gasteiger partial charge < -0.3 is 5.11 Å². The Hall–Kier alpha value is -0.597. The summed E-state index contributed by atoms with van der Waals surface area (Å²) in [5, 5.41) is 8.43. The zero-order valence-electron chi connectivity index (χ0n) is 7.56. The van der Waals surface area contributed by atoms with E-state index >= 15 is 0 Å². The number of ketones is 2. The second-order valence-electron chi connectivity index (χ2n) is 2.66. The van der Waals surface area contributed by atoms with Gasteiger partial charge in [0.25, 0.3) is 0 Å². The van der Waals surface area contributed by atoms with Crippen LogP contribution in [0.1, 0.15) is 16.8 Å². The summed E-state index contributed by atoms with van der Waals surface area (Å²) in [7, 11) is 0. The zero-order chi connectivity index (χ0) is 9.68. The smallest absolute Gasteiger partial charge is 0.170 e. The molecule has 1 rings (SSSR count). The maximum Gasteiger partial charge on any atom is 0.170 e. The predicted octanol–water partition coefficient (Wildman–Crippen LogP) is 0.818. The molecule has 0 aliphatic rings. The van der Waals surface area contributed by atoms with Crippen molar-refractivity contribution in [3.63, 3.8) is 0 Å². The van der Waals surface area contributed by atoms with Gasteiger partial charge in [0, 0.05) is 31.8 Å². The fraction of sp³-hybridized carbons (Fsp3) is 0.200. The third kappa shape index (κ3) is 4.07. The summed E-state index contributed by atoms with van der Waals surface area (Å²) in [6.45, 7) is -0.571. The minimum absolute atomic E-state index is 0. The first kappa shape index (κ1) is 13.4. The molecule has 0 fully saturated rings. The fourth-order valence-electron chi connectivity index (χ4n) is 0.961. The molecule has 0 atom stereocenters. The van der Waals surface area contributed by atoms with Crippen molar-refractivity contribution in [3.8, 4) is 0 Å². The summed E-state index contributed by atoms with van der Waals surface area (Å²) in [5.74, 6) is -0.700. The number of carbonyl (C=O) groups is 2. The van der Waals surface area contributed by atoms with Gasteiger partial charge in [-0.1, -0.05) is 30.3 Å². The molecule has 72 valence electrons. The largest absolute Gasteiger partial charge is 0.389 e. The fourth-order valence-corrected chi connectivity index (χ4v) is 0.961. The van der Waals surface area contributed by atoms with E-state index in [1.54, 1.807) is 30.3 Å². The van der Waals surface area contributed by atoms with E-state index in [2.05, 4.69) is 0 Å². The minimum Gasteiger partial charge on any atom is -0.389 e. The van der Waals surface area contributed by atoms with Crippen molar-refractivity contribution in [1.82, 2.24) is 0 Å². The van der Waals surface area contributed by atoms with Crippen LogP contribution in [0.25, 0.3) is 0 Å². The molecule has 14 heavy (non-hydrogen) atoms. The van der Waals surface area contributed by atoms with Gasteiger partial charge >= 0.3 is 0 Å². The van der Waals surface area contributed by atoms with Crippen LogP contribution in [0.3, 0.4) is 0 Å². The molecule has 4 heteroatoms. The molecule has 0 aromatic heterocycles. The molecule has 0 saturated heterocycles. The molecule has 1 aromatic carbocycles. The molecular formula is C10H10O3Zr. The van der Waals surface area contributed by atoms with Crippen molar-refractivity contribution in [2.75, 3.05) is 6.61 Å². The van der Waals surface area contributed by atoms with Crippen LogP contribution in [0.5, 0.6) is 0 Å². The standard InChI is InChI=1S/C10H10O3.Zr/c11-7-9(12)6-10(13)8-4-2-1-3-5-8;/h1-5,11H,6-7H2;. The molecule has 3 nitrogen and oxygen atoms in total. The Morgan fingerprint density at radius 3 is 2.21 bits per heavy atom. The number of rotatable bonds is 4. The number of aliphatic hydroxyl groups excluding tert-OH is 1. The van der Waals surface area contributed by atoms with Gasteiger partial charge in [-0.05, 0) is 0 Å². The van der Waals surface area contributed by atoms with Gasteiger partial charge in [0.15, 0.2) is 11.6 Å². The average molecular weight is 269 g/mol.